The predicted molar refractivity (Wildman–Crippen MR) is 64.3 cm³/mol. The molecular weight excluding hydrogens is 226 g/mol. The SMILES string of the molecule is CC(=O)c1ccc(C=CCC(N)=O)c(Cl)c1. The molecule has 0 heterocycles. The lowest BCUT2D eigenvalue weighted by atomic mass is 10.1. The Hall–Kier alpha value is -1.61. The quantitative estimate of drug-likeness (QED) is 0.818. The van der Waals surface area contributed by atoms with Crippen molar-refractivity contribution >= 4 is 29.4 Å². The molecule has 4 heteroatoms. The molecule has 1 aromatic carbocycles. The average molecular weight is 238 g/mol. The van der Waals surface area contributed by atoms with Gasteiger partial charge in [-0.15, -0.1) is 0 Å². The Labute approximate surface area is 98.9 Å². The van der Waals surface area contributed by atoms with Crippen LogP contribution in [0, 0.1) is 0 Å². The number of carbonyl (C=O) groups excluding carboxylic acids is 2. The summed E-state index contributed by atoms with van der Waals surface area (Å²) in [4.78, 5) is 21.6. The first-order valence-corrected chi connectivity index (χ1v) is 5.14. The summed E-state index contributed by atoms with van der Waals surface area (Å²) in [7, 11) is 0. The molecule has 1 amide bonds. The summed E-state index contributed by atoms with van der Waals surface area (Å²) >= 11 is 5.97. The number of rotatable bonds is 4. The van der Waals surface area contributed by atoms with Crippen LogP contribution < -0.4 is 5.73 Å². The van der Waals surface area contributed by atoms with E-state index in [0.29, 0.717) is 10.6 Å². The molecule has 0 fully saturated rings. The van der Waals surface area contributed by atoms with Crippen LogP contribution in [-0.4, -0.2) is 11.7 Å². The molecule has 0 bridgehead atoms. The van der Waals surface area contributed by atoms with Gasteiger partial charge in [-0.2, -0.15) is 0 Å². The highest BCUT2D eigenvalue weighted by Gasteiger charge is 2.02. The van der Waals surface area contributed by atoms with Crippen LogP contribution >= 0.6 is 11.6 Å². The minimum atomic E-state index is -0.396. The van der Waals surface area contributed by atoms with Gasteiger partial charge in [-0.05, 0) is 18.6 Å². The molecule has 0 aliphatic rings. The van der Waals surface area contributed by atoms with E-state index in [2.05, 4.69) is 0 Å². The van der Waals surface area contributed by atoms with Crippen LogP contribution in [0.2, 0.25) is 5.02 Å². The topological polar surface area (TPSA) is 60.2 Å². The van der Waals surface area contributed by atoms with E-state index >= 15 is 0 Å². The van der Waals surface area contributed by atoms with Crippen LogP contribution in [0.4, 0.5) is 0 Å². The Morgan fingerprint density at radius 3 is 2.62 bits per heavy atom. The molecule has 3 nitrogen and oxygen atoms in total. The van der Waals surface area contributed by atoms with Gasteiger partial charge >= 0.3 is 0 Å². The van der Waals surface area contributed by atoms with Gasteiger partial charge in [0.15, 0.2) is 5.78 Å². The Kier molecular flexibility index (Phi) is 4.26. The summed E-state index contributed by atoms with van der Waals surface area (Å²) in [6, 6.07) is 5.03. The lowest BCUT2D eigenvalue weighted by molar-refractivity contribution is -0.117. The van der Waals surface area contributed by atoms with Crippen molar-refractivity contribution in [3.63, 3.8) is 0 Å². The Morgan fingerprint density at radius 2 is 2.12 bits per heavy atom. The number of nitrogens with two attached hydrogens (primary N) is 1. The van der Waals surface area contributed by atoms with Crippen molar-refractivity contribution < 1.29 is 9.59 Å². The van der Waals surface area contributed by atoms with Crippen molar-refractivity contribution in [1.82, 2.24) is 0 Å². The first kappa shape index (κ1) is 12.5. The zero-order valence-electron chi connectivity index (χ0n) is 8.87. The smallest absolute Gasteiger partial charge is 0.221 e. The van der Waals surface area contributed by atoms with Crippen LogP contribution in [0.25, 0.3) is 6.08 Å². The van der Waals surface area contributed by atoms with E-state index in [0.717, 1.165) is 5.56 Å². The van der Waals surface area contributed by atoms with Crippen LogP contribution in [0.1, 0.15) is 29.3 Å². The number of ketones is 1. The Bertz CT molecular complexity index is 452. The summed E-state index contributed by atoms with van der Waals surface area (Å²) in [5.41, 5.74) is 6.31. The van der Waals surface area contributed by atoms with Crippen molar-refractivity contribution in [2.24, 2.45) is 5.73 Å². The van der Waals surface area contributed by atoms with Crippen LogP contribution in [-0.2, 0) is 4.79 Å². The molecule has 0 saturated carbocycles. The Balaban J connectivity index is 2.87. The molecule has 0 atom stereocenters. The molecular formula is C12H12ClNO2. The molecule has 16 heavy (non-hydrogen) atoms. The van der Waals surface area contributed by atoms with Crippen molar-refractivity contribution in [2.45, 2.75) is 13.3 Å². The minimum Gasteiger partial charge on any atom is -0.369 e. The number of hydrogen-bond donors (Lipinski definition) is 1. The van der Waals surface area contributed by atoms with E-state index in [9.17, 15) is 9.59 Å². The third kappa shape index (κ3) is 3.51. The third-order valence-corrected chi connectivity index (χ3v) is 2.35. The number of amides is 1. The van der Waals surface area contributed by atoms with Gasteiger partial charge in [0.05, 0.1) is 0 Å². The zero-order valence-corrected chi connectivity index (χ0v) is 9.62. The molecule has 0 aliphatic carbocycles. The lowest BCUT2D eigenvalue weighted by Crippen LogP contribution is -2.07. The normalized spacial score (nSPS) is 10.6. The molecule has 0 unspecified atom stereocenters. The number of carbonyl (C=O) groups is 2. The molecule has 0 saturated heterocycles. The summed E-state index contributed by atoms with van der Waals surface area (Å²) in [5, 5.41) is 0.480. The first-order valence-electron chi connectivity index (χ1n) is 4.76. The number of benzene rings is 1. The summed E-state index contributed by atoms with van der Waals surface area (Å²) < 4.78 is 0. The van der Waals surface area contributed by atoms with Crippen LogP contribution in [0.15, 0.2) is 24.3 Å². The van der Waals surface area contributed by atoms with Gasteiger partial charge in [-0.25, -0.2) is 0 Å². The Morgan fingerprint density at radius 1 is 1.44 bits per heavy atom. The molecule has 84 valence electrons. The number of Topliss-reactive ketones (excluding diaryl/α,β-unsaturated/α-hetero) is 1. The van der Waals surface area contributed by atoms with Crippen molar-refractivity contribution in [3.05, 3.63) is 40.4 Å². The standard InChI is InChI=1S/C12H12ClNO2/c1-8(15)10-6-5-9(11(13)7-10)3-2-4-12(14)16/h2-3,5-7H,4H2,1H3,(H2,14,16). The van der Waals surface area contributed by atoms with E-state index in [4.69, 9.17) is 17.3 Å². The van der Waals surface area contributed by atoms with E-state index in [-0.39, 0.29) is 12.2 Å². The van der Waals surface area contributed by atoms with Crippen LogP contribution in [0.3, 0.4) is 0 Å². The van der Waals surface area contributed by atoms with Gasteiger partial charge in [0, 0.05) is 17.0 Å². The molecule has 0 radical (unpaired) electrons. The monoisotopic (exact) mass is 237 g/mol. The second kappa shape index (κ2) is 5.47. The van der Waals surface area contributed by atoms with E-state index < -0.39 is 5.91 Å². The molecule has 1 rings (SSSR count). The summed E-state index contributed by atoms with van der Waals surface area (Å²) in [6.07, 6.45) is 3.51. The summed E-state index contributed by atoms with van der Waals surface area (Å²) in [5.74, 6) is -0.428. The fraction of sp³-hybridized carbons (Fsp3) is 0.167. The minimum absolute atomic E-state index is 0.0328. The predicted octanol–water partition coefficient (Wildman–Crippen LogP) is 2.43. The van der Waals surface area contributed by atoms with E-state index in [1.54, 1.807) is 30.4 Å². The highest BCUT2D eigenvalue weighted by atomic mass is 35.5. The molecule has 0 aromatic heterocycles. The fourth-order valence-electron chi connectivity index (χ4n) is 1.18. The second-order valence-corrected chi connectivity index (χ2v) is 3.77. The van der Waals surface area contributed by atoms with E-state index in [1.807, 2.05) is 0 Å². The maximum absolute atomic E-state index is 11.1. The van der Waals surface area contributed by atoms with Gasteiger partial charge in [0.25, 0.3) is 0 Å². The largest absolute Gasteiger partial charge is 0.369 e. The second-order valence-electron chi connectivity index (χ2n) is 3.37. The lowest BCUT2D eigenvalue weighted by Gasteiger charge is -2.00. The number of hydrogen-bond acceptors (Lipinski definition) is 2. The summed E-state index contributed by atoms with van der Waals surface area (Å²) in [6.45, 7) is 1.48. The van der Waals surface area contributed by atoms with Gasteiger partial charge in [-0.3, -0.25) is 9.59 Å². The number of halogens is 1. The highest BCUT2D eigenvalue weighted by Crippen LogP contribution is 2.19. The molecule has 1 aromatic rings. The van der Waals surface area contributed by atoms with Gasteiger partial charge in [0.2, 0.25) is 5.91 Å². The van der Waals surface area contributed by atoms with Gasteiger partial charge in [0.1, 0.15) is 0 Å². The maximum atomic E-state index is 11.1. The number of primary amides is 1. The van der Waals surface area contributed by atoms with Gasteiger partial charge in [-0.1, -0.05) is 35.9 Å². The van der Waals surface area contributed by atoms with Crippen molar-refractivity contribution in [2.75, 3.05) is 0 Å². The first-order chi connectivity index (χ1) is 7.50. The van der Waals surface area contributed by atoms with E-state index in [1.165, 1.54) is 6.92 Å². The molecule has 0 aliphatic heterocycles. The zero-order chi connectivity index (χ0) is 12.1. The van der Waals surface area contributed by atoms with Crippen molar-refractivity contribution in [1.29, 1.82) is 0 Å². The van der Waals surface area contributed by atoms with Gasteiger partial charge < -0.3 is 5.73 Å². The molecule has 2 N–H and O–H groups in total. The third-order valence-electron chi connectivity index (χ3n) is 2.02. The average Bonchev–Trinajstić information content (AvgIpc) is 2.19. The highest BCUT2D eigenvalue weighted by molar-refractivity contribution is 6.32. The van der Waals surface area contributed by atoms with Crippen molar-refractivity contribution in [3.8, 4) is 0 Å². The molecule has 0 spiro atoms. The fourth-order valence-corrected chi connectivity index (χ4v) is 1.43. The van der Waals surface area contributed by atoms with Crippen LogP contribution in [0.5, 0.6) is 0 Å². The maximum Gasteiger partial charge on any atom is 0.221 e.